The first-order chi connectivity index (χ1) is 8.60. The zero-order valence-corrected chi connectivity index (χ0v) is 12.0. The fraction of sp³-hybridized carbons (Fsp3) is 0.417. The summed E-state index contributed by atoms with van der Waals surface area (Å²) in [6, 6.07) is 3.08. The highest BCUT2D eigenvalue weighted by Crippen LogP contribution is 2.28. The first kappa shape index (κ1) is 15.0. The van der Waals surface area contributed by atoms with Crippen molar-refractivity contribution in [2.24, 2.45) is 0 Å². The van der Waals surface area contributed by atoms with Gasteiger partial charge in [0, 0.05) is 12.6 Å². The smallest absolute Gasteiger partial charge is 0.255 e. The molecule has 1 amide bonds. The van der Waals surface area contributed by atoms with Gasteiger partial charge in [-0.3, -0.25) is 4.79 Å². The SMILES string of the molecule is COc1cc(N)c(Cl)cc1C(=O)NCCCSC. The third-order valence-corrected chi connectivity index (χ3v) is 3.40. The van der Waals surface area contributed by atoms with Gasteiger partial charge in [-0.2, -0.15) is 11.8 Å². The maximum absolute atomic E-state index is 12.0. The van der Waals surface area contributed by atoms with Gasteiger partial charge in [0.1, 0.15) is 5.75 Å². The van der Waals surface area contributed by atoms with E-state index in [0.29, 0.717) is 28.6 Å². The van der Waals surface area contributed by atoms with Crippen LogP contribution in [-0.2, 0) is 0 Å². The Bertz CT molecular complexity index is 427. The van der Waals surface area contributed by atoms with Crippen LogP contribution in [0.25, 0.3) is 0 Å². The third kappa shape index (κ3) is 3.99. The van der Waals surface area contributed by atoms with Gasteiger partial charge in [-0.1, -0.05) is 11.6 Å². The molecular formula is C12H17ClN2O2S. The minimum atomic E-state index is -0.199. The molecule has 4 nitrogen and oxygen atoms in total. The second-order valence-corrected chi connectivity index (χ2v) is 5.07. The highest BCUT2D eigenvalue weighted by Gasteiger charge is 2.14. The van der Waals surface area contributed by atoms with Crippen molar-refractivity contribution >= 4 is 35.0 Å². The molecular weight excluding hydrogens is 272 g/mol. The normalized spacial score (nSPS) is 10.2. The molecule has 0 saturated heterocycles. The van der Waals surface area contributed by atoms with Crippen molar-refractivity contribution in [2.45, 2.75) is 6.42 Å². The molecule has 1 aromatic carbocycles. The number of benzene rings is 1. The topological polar surface area (TPSA) is 64.3 Å². The van der Waals surface area contributed by atoms with Crippen molar-refractivity contribution in [1.82, 2.24) is 5.32 Å². The Morgan fingerprint density at radius 1 is 1.56 bits per heavy atom. The molecule has 0 aliphatic heterocycles. The minimum absolute atomic E-state index is 0.199. The number of hydrogen-bond acceptors (Lipinski definition) is 4. The summed E-state index contributed by atoms with van der Waals surface area (Å²) in [7, 11) is 1.49. The summed E-state index contributed by atoms with van der Waals surface area (Å²) < 4.78 is 5.13. The second kappa shape index (κ2) is 7.38. The molecule has 0 fully saturated rings. The number of carbonyl (C=O) groups is 1. The molecule has 0 bridgehead atoms. The minimum Gasteiger partial charge on any atom is -0.496 e. The summed E-state index contributed by atoms with van der Waals surface area (Å²) in [6.07, 6.45) is 2.96. The first-order valence-corrected chi connectivity index (χ1v) is 7.27. The zero-order valence-electron chi connectivity index (χ0n) is 10.5. The standard InChI is InChI=1S/C12H17ClN2O2S/c1-17-11-7-10(14)9(13)6-8(11)12(16)15-4-3-5-18-2/h6-7H,3-5,14H2,1-2H3,(H,15,16). The van der Waals surface area contributed by atoms with Crippen LogP contribution in [0.5, 0.6) is 5.75 Å². The van der Waals surface area contributed by atoms with Gasteiger partial charge in [0.05, 0.1) is 23.4 Å². The number of nitrogens with one attached hydrogen (secondary N) is 1. The summed E-state index contributed by atoms with van der Waals surface area (Å²) in [5.41, 5.74) is 6.46. The van der Waals surface area contributed by atoms with Crippen molar-refractivity contribution in [3.05, 3.63) is 22.7 Å². The van der Waals surface area contributed by atoms with E-state index in [9.17, 15) is 4.79 Å². The van der Waals surface area contributed by atoms with E-state index in [0.717, 1.165) is 12.2 Å². The van der Waals surface area contributed by atoms with E-state index in [1.54, 1.807) is 17.8 Å². The average Bonchev–Trinajstić information content (AvgIpc) is 2.37. The van der Waals surface area contributed by atoms with E-state index in [4.69, 9.17) is 22.1 Å². The molecule has 3 N–H and O–H groups in total. The Morgan fingerprint density at radius 3 is 2.89 bits per heavy atom. The molecule has 0 saturated carbocycles. The molecule has 0 heterocycles. The van der Waals surface area contributed by atoms with Crippen LogP contribution in [0.2, 0.25) is 5.02 Å². The number of hydrogen-bond donors (Lipinski definition) is 2. The Morgan fingerprint density at radius 2 is 2.28 bits per heavy atom. The van der Waals surface area contributed by atoms with Crippen molar-refractivity contribution in [3.8, 4) is 5.75 Å². The van der Waals surface area contributed by atoms with E-state index in [1.807, 2.05) is 6.26 Å². The van der Waals surface area contributed by atoms with Gasteiger partial charge in [0.25, 0.3) is 5.91 Å². The fourth-order valence-corrected chi connectivity index (χ4v) is 2.03. The van der Waals surface area contributed by atoms with Gasteiger partial charge < -0.3 is 15.8 Å². The van der Waals surface area contributed by atoms with E-state index in [-0.39, 0.29) is 5.91 Å². The zero-order chi connectivity index (χ0) is 13.5. The molecule has 0 atom stereocenters. The maximum Gasteiger partial charge on any atom is 0.255 e. The van der Waals surface area contributed by atoms with Gasteiger partial charge in [0.2, 0.25) is 0 Å². The molecule has 0 radical (unpaired) electrons. The molecule has 0 unspecified atom stereocenters. The fourth-order valence-electron chi connectivity index (χ4n) is 1.43. The molecule has 18 heavy (non-hydrogen) atoms. The van der Waals surface area contributed by atoms with Crippen LogP contribution >= 0.6 is 23.4 Å². The lowest BCUT2D eigenvalue weighted by atomic mass is 10.1. The summed E-state index contributed by atoms with van der Waals surface area (Å²) in [6.45, 7) is 0.630. The average molecular weight is 289 g/mol. The molecule has 0 spiro atoms. The lowest BCUT2D eigenvalue weighted by Gasteiger charge is -2.11. The number of nitrogens with two attached hydrogens (primary N) is 1. The van der Waals surface area contributed by atoms with Gasteiger partial charge in [-0.25, -0.2) is 0 Å². The number of anilines is 1. The Kier molecular flexibility index (Phi) is 6.15. The molecule has 1 rings (SSSR count). The van der Waals surface area contributed by atoms with Crippen LogP contribution < -0.4 is 15.8 Å². The lowest BCUT2D eigenvalue weighted by molar-refractivity contribution is 0.0951. The van der Waals surface area contributed by atoms with E-state index in [2.05, 4.69) is 5.32 Å². The van der Waals surface area contributed by atoms with Crippen molar-refractivity contribution in [3.63, 3.8) is 0 Å². The van der Waals surface area contributed by atoms with Crippen LogP contribution in [-0.4, -0.2) is 31.6 Å². The predicted molar refractivity (Wildman–Crippen MR) is 77.7 cm³/mol. The van der Waals surface area contributed by atoms with Gasteiger partial charge in [-0.15, -0.1) is 0 Å². The molecule has 0 aliphatic carbocycles. The number of rotatable bonds is 6. The third-order valence-electron chi connectivity index (χ3n) is 2.37. The predicted octanol–water partition coefficient (Wildman–Crippen LogP) is 2.41. The maximum atomic E-state index is 12.0. The van der Waals surface area contributed by atoms with Crippen LogP contribution in [0.15, 0.2) is 12.1 Å². The quantitative estimate of drug-likeness (QED) is 0.623. The number of methoxy groups -OCH3 is 1. The summed E-state index contributed by atoms with van der Waals surface area (Å²) in [5, 5.41) is 3.18. The number of carbonyl (C=O) groups excluding carboxylic acids is 1. The molecule has 6 heteroatoms. The second-order valence-electron chi connectivity index (χ2n) is 3.68. The number of thioether (sulfide) groups is 1. The van der Waals surface area contributed by atoms with Crippen molar-refractivity contribution in [2.75, 3.05) is 31.4 Å². The Balaban J connectivity index is 2.75. The molecule has 100 valence electrons. The summed E-state index contributed by atoms with van der Waals surface area (Å²) >= 11 is 7.65. The monoisotopic (exact) mass is 288 g/mol. The van der Waals surface area contributed by atoms with Crippen LogP contribution in [0, 0.1) is 0 Å². The Labute approximate surface area is 116 Å². The van der Waals surface area contributed by atoms with Crippen LogP contribution in [0.1, 0.15) is 16.8 Å². The van der Waals surface area contributed by atoms with Crippen LogP contribution in [0.4, 0.5) is 5.69 Å². The number of nitrogen functional groups attached to an aromatic ring is 1. The lowest BCUT2D eigenvalue weighted by Crippen LogP contribution is -2.25. The summed E-state index contributed by atoms with van der Waals surface area (Å²) in [5.74, 6) is 1.24. The molecule has 0 aliphatic rings. The molecule has 0 aromatic heterocycles. The molecule has 1 aromatic rings. The van der Waals surface area contributed by atoms with E-state index < -0.39 is 0 Å². The van der Waals surface area contributed by atoms with E-state index in [1.165, 1.54) is 13.2 Å². The number of ether oxygens (including phenoxy) is 1. The van der Waals surface area contributed by atoms with Gasteiger partial charge in [0.15, 0.2) is 0 Å². The highest BCUT2D eigenvalue weighted by atomic mass is 35.5. The van der Waals surface area contributed by atoms with Crippen LogP contribution in [0.3, 0.4) is 0 Å². The number of amides is 1. The first-order valence-electron chi connectivity index (χ1n) is 5.50. The van der Waals surface area contributed by atoms with Crippen molar-refractivity contribution < 1.29 is 9.53 Å². The van der Waals surface area contributed by atoms with Gasteiger partial charge >= 0.3 is 0 Å². The van der Waals surface area contributed by atoms with Crippen molar-refractivity contribution in [1.29, 1.82) is 0 Å². The Hall–Kier alpha value is -1.07. The summed E-state index contributed by atoms with van der Waals surface area (Å²) in [4.78, 5) is 12.0. The highest BCUT2D eigenvalue weighted by molar-refractivity contribution is 7.98. The largest absolute Gasteiger partial charge is 0.496 e. The van der Waals surface area contributed by atoms with E-state index >= 15 is 0 Å². The van der Waals surface area contributed by atoms with Gasteiger partial charge in [-0.05, 0) is 24.5 Å². The number of halogens is 1.